The topological polar surface area (TPSA) is 87.8 Å². The number of furan rings is 1. The second-order valence-electron chi connectivity index (χ2n) is 4.90. The molecule has 1 aromatic rings. The molecule has 0 amide bonds. The Morgan fingerprint density at radius 1 is 1.57 bits per heavy atom. The van der Waals surface area contributed by atoms with E-state index >= 15 is 0 Å². The molecule has 1 aliphatic rings. The van der Waals surface area contributed by atoms with Crippen LogP contribution in [0.2, 0.25) is 0 Å². The van der Waals surface area contributed by atoms with E-state index in [1.807, 2.05) is 11.8 Å². The molecule has 0 radical (unpaired) electrons. The van der Waals surface area contributed by atoms with E-state index in [-0.39, 0.29) is 17.6 Å². The largest absolute Gasteiger partial charge is 0.475 e. The molecule has 0 spiro atoms. The molecule has 6 nitrogen and oxygen atoms in total. The van der Waals surface area contributed by atoms with Gasteiger partial charge in [-0.25, -0.2) is 13.2 Å². The molecule has 2 rings (SSSR count). The lowest BCUT2D eigenvalue weighted by atomic mass is 10.2. The zero-order chi connectivity index (χ0) is 15.6. The summed E-state index contributed by atoms with van der Waals surface area (Å²) < 4.78 is 29.8. The number of hydrogen-bond donors (Lipinski definition) is 1. The summed E-state index contributed by atoms with van der Waals surface area (Å²) in [4.78, 5) is 12.8. The van der Waals surface area contributed by atoms with Gasteiger partial charge in [-0.15, -0.1) is 0 Å². The smallest absolute Gasteiger partial charge is 0.371 e. The number of rotatable bonds is 5. The van der Waals surface area contributed by atoms with E-state index < -0.39 is 21.2 Å². The van der Waals surface area contributed by atoms with Crippen molar-refractivity contribution < 1.29 is 22.7 Å². The van der Waals surface area contributed by atoms with Gasteiger partial charge in [-0.2, -0.15) is 11.8 Å². The fraction of sp³-hybridized carbons (Fsp3) is 0.615. The molecule has 2 atom stereocenters. The van der Waals surface area contributed by atoms with Crippen molar-refractivity contribution in [2.24, 2.45) is 0 Å². The van der Waals surface area contributed by atoms with Crippen LogP contribution < -0.4 is 0 Å². The van der Waals surface area contributed by atoms with Gasteiger partial charge in [0.1, 0.15) is 11.1 Å². The summed E-state index contributed by atoms with van der Waals surface area (Å²) in [5.41, 5.74) is 0. The van der Waals surface area contributed by atoms with Crippen LogP contribution >= 0.6 is 11.8 Å². The van der Waals surface area contributed by atoms with Crippen molar-refractivity contribution in [2.45, 2.75) is 25.3 Å². The third-order valence-corrected chi connectivity index (χ3v) is 6.99. The monoisotopic (exact) mass is 333 g/mol. The summed E-state index contributed by atoms with van der Waals surface area (Å²) >= 11 is 1.63. The summed E-state index contributed by atoms with van der Waals surface area (Å²) in [6.07, 6.45) is 0. The zero-order valence-corrected chi connectivity index (χ0v) is 13.6. The molecule has 2 unspecified atom stereocenters. The molecule has 21 heavy (non-hydrogen) atoms. The minimum absolute atomic E-state index is 0.0972. The Balaban J connectivity index is 2.26. The highest BCUT2D eigenvalue weighted by Gasteiger charge is 2.36. The van der Waals surface area contributed by atoms with Crippen LogP contribution in [0.4, 0.5) is 0 Å². The van der Waals surface area contributed by atoms with Gasteiger partial charge in [-0.3, -0.25) is 4.90 Å². The van der Waals surface area contributed by atoms with Crippen LogP contribution in [0.15, 0.2) is 16.5 Å². The van der Waals surface area contributed by atoms with Crippen molar-refractivity contribution in [1.29, 1.82) is 0 Å². The lowest BCUT2D eigenvalue weighted by Gasteiger charge is -2.37. The molecule has 2 heterocycles. The molecular weight excluding hydrogens is 314 g/mol. The summed E-state index contributed by atoms with van der Waals surface area (Å²) in [7, 11) is -3.19. The average molecular weight is 333 g/mol. The van der Waals surface area contributed by atoms with Crippen LogP contribution in [0.1, 0.15) is 36.2 Å². The van der Waals surface area contributed by atoms with E-state index in [0.717, 1.165) is 5.75 Å². The minimum Gasteiger partial charge on any atom is -0.475 e. The predicted octanol–water partition coefficient (Wildman–Crippen LogP) is 1.85. The van der Waals surface area contributed by atoms with Crippen LogP contribution in [0.25, 0.3) is 0 Å². The summed E-state index contributed by atoms with van der Waals surface area (Å²) in [6, 6.07) is 2.73. The van der Waals surface area contributed by atoms with Gasteiger partial charge in [-0.1, -0.05) is 6.92 Å². The van der Waals surface area contributed by atoms with Crippen molar-refractivity contribution in [3.8, 4) is 0 Å². The Kier molecular flexibility index (Phi) is 5.00. The van der Waals surface area contributed by atoms with Crippen molar-refractivity contribution in [1.82, 2.24) is 4.90 Å². The number of sulfone groups is 1. The SMILES string of the molecule is CCS(=O)(=O)C1CSCCN1C(C)c1ccc(C(=O)O)o1. The number of carboxylic acid groups (broad SMARTS) is 1. The lowest BCUT2D eigenvalue weighted by molar-refractivity contribution is 0.0655. The first-order valence-corrected chi connectivity index (χ1v) is 9.62. The summed E-state index contributed by atoms with van der Waals surface area (Å²) in [5.74, 6) is 0.716. The summed E-state index contributed by atoms with van der Waals surface area (Å²) in [6.45, 7) is 4.13. The quantitative estimate of drug-likeness (QED) is 0.879. The Bertz CT molecular complexity index is 610. The fourth-order valence-electron chi connectivity index (χ4n) is 2.39. The predicted molar refractivity (Wildman–Crippen MR) is 81.4 cm³/mol. The number of thioether (sulfide) groups is 1. The third-order valence-electron chi connectivity index (χ3n) is 3.69. The molecule has 1 saturated heterocycles. The highest BCUT2D eigenvalue weighted by Crippen LogP contribution is 2.31. The molecule has 1 aromatic heterocycles. The molecule has 8 heteroatoms. The van der Waals surface area contributed by atoms with Gasteiger partial charge in [0.15, 0.2) is 9.84 Å². The van der Waals surface area contributed by atoms with E-state index in [0.29, 0.717) is 18.1 Å². The Morgan fingerprint density at radius 3 is 2.86 bits per heavy atom. The van der Waals surface area contributed by atoms with Crippen LogP contribution in [0.5, 0.6) is 0 Å². The van der Waals surface area contributed by atoms with E-state index in [1.54, 1.807) is 24.8 Å². The number of hydrogen-bond acceptors (Lipinski definition) is 6. The van der Waals surface area contributed by atoms with Gasteiger partial charge in [0.05, 0.1) is 6.04 Å². The van der Waals surface area contributed by atoms with E-state index in [9.17, 15) is 13.2 Å². The van der Waals surface area contributed by atoms with Gasteiger partial charge in [0, 0.05) is 23.8 Å². The first kappa shape index (κ1) is 16.4. The van der Waals surface area contributed by atoms with E-state index in [4.69, 9.17) is 9.52 Å². The van der Waals surface area contributed by atoms with E-state index in [1.165, 1.54) is 6.07 Å². The first-order chi connectivity index (χ1) is 9.86. The van der Waals surface area contributed by atoms with Gasteiger partial charge < -0.3 is 9.52 Å². The number of carbonyl (C=O) groups is 1. The molecule has 1 fully saturated rings. The highest BCUT2D eigenvalue weighted by atomic mass is 32.2. The second-order valence-corrected chi connectivity index (χ2v) is 8.50. The lowest BCUT2D eigenvalue weighted by Crippen LogP contribution is -2.48. The standard InChI is InChI=1S/C13H19NO5S2/c1-3-21(17,18)12-8-20-7-6-14(12)9(2)10-4-5-11(19-10)13(15)16/h4-5,9,12H,3,6-8H2,1-2H3,(H,15,16). The second kappa shape index (κ2) is 6.41. The van der Waals surface area contributed by atoms with Gasteiger partial charge in [-0.05, 0) is 19.1 Å². The van der Waals surface area contributed by atoms with E-state index in [2.05, 4.69) is 0 Å². The van der Waals surface area contributed by atoms with Crippen molar-refractivity contribution in [3.05, 3.63) is 23.7 Å². The van der Waals surface area contributed by atoms with Gasteiger partial charge >= 0.3 is 5.97 Å². The molecule has 0 aromatic carbocycles. The van der Waals surface area contributed by atoms with Crippen LogP contribution in [0, 0.1) is 0 Å². The molecule has 118 valence electrons. The maximum Gasteiger partial charge on any atom is 0.371 e. The maximum atomic E-state index is 12.2. The molecule has 0 aliphatic carbocycles. The van der Waals surface area contributed by atoms with Crippen LogP contribution in [-0.2, 0) is 9.84 Å². The Hall–Kier alpha value is -0.990. The normalized spacial score (nSPS) is 22.1. The number of carboxylic acids is 1. The zero-order valence-electron chi connectivity index (χ0n) is 12.0. The molecular formula is C13H19NO5S2. The van der Waals surface area contributed by atoms with Gasteiger partial charge in [0.2, 0.25) is 5.76 Å². The number of nitrogens with zero attached hydrogens (tertiary/aromatic N) is 1. The molecule has 0 saturated carbocycles. The molecule has 0 bridgehead atoms. The van der Waals surface area contributed by atoms with Crippen LogP contribution in [-0.4, -0.2) is 53.6 Å². The van der Waals surface area contributed by atoms with Crippen molar-refractivity contribution in [2.75, 3.05) is 23.8 Å². The third kappa shape index (κ3) is 3.44. The van der Waals surface area contributed by atoms with Gasteiger partial charge in [0.25, 0.3) is 0 Å². The maximum absolute atomic E-state index is 12.2. The first-order valence-electron chi connectivity index (χ1n) is 6.75. The molecule has 1 aliphatic heterocycles. The van der Waals surface area contributed by atoms with Crippen LogP contribution in [0.3, 0.4) is 0 Å². The summed E-state index contributed by atoms with van der Waals surface area (Å²) in [5, 5.41) is 8.36. The molecule has 1 N–H and O–H groups in total. The fourth-order valence-corrected chi connectivity index (χ4v) is 5.50. The van der Waals surface area contributed by atoms with Crippen molar-refractivity contribution in [3.63, 3.8) is 0 Å². The Labute approximate surface area is 128 Å². The Morgan fingerprint density at radius 2 is 2.29 bits per heavy atom. The number of aromatic carboxylic acids is 1. The average Bonchev–Trinajstić information content (AvgIpc) is 2.96. The minimum atomic E-state index is -3.19. The van der Waals surface area contributed by atoms with Crippen molar-refractivity contribution >= 4 is 27.6 Å². The highest BCUT2D eigenvalue weighted by molar-refractivity contribution is 8.01.